The summed E-state index contributed by atoms with van der Waals surface area (Å²) in [6.45, 7) is 14.8. The predicted molar refractivity (Wildman–Crippen MR) is 162 cm³/mol. The van der Waals surface area contributed by atoms with Crippen molar-refractivity contribution in [1.29, 1.82) is 0 Å². The minimum Gasteiger partial charge on any atom is -0.481 e. The van der Waals surface area contributed by atoms with E-state index in [1.165, 1.54) is 0 Å². The molecule has 0 aliphatic carbocycles. The quantitative estimate of drug-likeness (QED) is 0.435. The maximum absolute atomic E-state index is 12.3. The number of nitrogens with one attached hydrogen (secondary N) is 2. The fourth-order valence-electron chi connectivity index (χ4n) is 5.49. The lowest BCUT2D eigenvalue weighted by Crippen LogP contribution is -2.47. The summed E-state index contributed by atoms with van der Waals surface area (Å²) >= 11 is 0. The third-order valence-electron chi connectivity index (χ3n) is 7.72. The van der Waals surface area contributed by atoms with Crippen LogP contribution in [0.3, 0.4) is 0 Å². The number of hydrogen-bond acceptors (Lipinski definition) is 11. The molecule has 43 heavy (non-hydrogen) atoms. The molecule has 0 aromatic carbocycles. The van der Waals surface area contributed by atoms with Crippen LogP contribution >= 0.6 is 0 Å². The molecule has 0 radical (unpaired) electrons. The van der Waals surface area contributed by atoms with Crippen molar-refractivity contribution < 1.29 is 29.0 Å². The van der Waals surface area contributed by atoms with Crippen molar-refractivity contribution in [2.45, 2.75) is 103 Å². The van der Waals surface area contributed by atoms with Gasteiger partial charge in [0.1, 0.15) is 11.2 Å². The lowest BCUT2D eigenvalue weighted by Gasteiger charge is -2.36. The number of carboxylic acids is 1. The first-order valence-electron chi connectivity index (χ1n) is 15.4. The summed E-state index contributed by atoms with van der Waals surface area (Å²) < 4.78 is 10.8. The van der Waals surface area contributed by atoms with Crippen LogP contribution in [0.15, 0.2) is 0 Å². The second-order valence-electron chi connectivity index (χ2n) is 13.7. The number of piperidine rings is 3. The molecule has 0 spiro atoms. The summed E-state index contributed by atoms with van der Waals surface area (Å²) in [6, 6.07) is -0.00292. The van der Waals surface area contributed by atoms with Gasteiger partial charge in [-0.15, -0.1) is 0 Å². The van der Waals surface area contributed by atoms with E-state index in [9.17, 15) is 19.5 Å². The molecule has 14 nitrogen and oxygen atoms in total. The molecule has 4 heterocycles. The van der Waals surface area contributed by atoms with Gasteiger partial charge < -0.3 is 39.9 Å². The summed E-state index contributed by atoms with van der Waals surface area (Å²) in [5.41, 5.74) is -1.11. The van der Waals surface area contributed by atoms with Crippen LogP contribution in [-0.2, 0) is 14.3 Å². The number of ether oxygens (including phenoxy) is 2. The second-order valence-corrected chi connectivity index (χ2v) is 13.7. The van der Waals surface area contributed by atoms with E-state index in [0.717, 1.165) is 25.7 Å². The Morgan fingerprint density at radius 1 is 0.628 bits per heavy atom. The average Bonchev–Trinajstić information content (AvgIpc) is 2.91. The molecular weight excluding hydrogens is 556 g/mol. The highest BCUT2D eigenvalue weighted by atomic mass is 16.6. The third kappa shape index (κ3) is 9.72. The first kappa shape index (κ1) is 32.3. The Balaban J connectivity index is 1.44. The minimum absolute atomic E-state index is 0.00146. The van der Waals surface area contributed by atoms with Crippen LogP contribution in [0.25, 0.3) is 0 Å². The summed E-state index contributed by atoms with van der Waals surface area (Å²) in [7, 11) is 0. The zero-order valence-electron chi connectivity index (χ0n) is 26.4. The van der Waals surface area contributed by atoms with Gasteiger partial charge in [0.15, 0.2) is 0 Å². The standard InChI is InChI=1S/C29H48N8O6/c1-28(2,3)42-26(40)30-20-9-15-36(16-10-20)24-32-23(35-13-7-19(8-14-35)22(38)39)33-25(34-24)37-17-11-21(12-18-37)31-27(41)43-29(4,5)6/h19-21H,7-18H2,1-6H3,(H,30,40)(H,31,41)(H,38,39). The number of amides is 2. The highest BCUT2D eigenvalue weighted by molar-refractivity contribution is 5.70. The van der Waals surface area contributed by atoms with Gasteiger partial charge in [0.2, 0.25) is 17.8 Å². The normalized spacial score (nSPS) is 19.6. The summed E-state index contributed by atoms with van der Waals surface area (Å²) in [5.74, 6) is 0.578. The maximum Gasteiger partial charge on any atom is 0.407 e. The Morgan fingerprint density at radius 3 is 1.21 bits per heavy atom. The molecule has 3 aliphatic rings. The van der Waals surface area contributed by atoms with Crippen molar-refractivity contribution in [2.24, 2.45) is 5.92 Å². The number of rotatable bonds is 6. The molecule has 0 unspecified atom stereocenters. The van der Waals surface area contributed by atoms with Crippen LogP contribution in [0.1, 0.15) is 80.1 Å². The first-order valence-corrected chi connectivity index (χ1v) is 15.4. The van der Waals surface area contributed by atoms with Gasteiger partial charge in [-0.2, -0.15) is 15.0 Å². The van der Waals surface area contributed by atoms with E-state index < -0.39 is 29.4 Å². The van der Waals surface area contributed by atoms with Crippen molar-refractivity contribution in [3.8, 4) is 0 Å². The minimum atomic E-state index is -0.762. The Morgan fingerprint density at radius 2 is 0.930 bits per heavy atom. The molecule has 0 atom stereocenters. The zero-order valence-corrected chi connectivity index (χ0v) is 26.4. The number of carbonyl (C=O) groups excluding carboxylic acids is 2. The number of carbonyl (C=O) groups is 3. The summed E-state index contributed by atoms with van der Waals surface area (Å²) in [5, 5.41) is 15.4. The van der Waals surface area contributed by atoms with E-state index in [0.29, 0.717) is 70.0 Å². The molecule has 3 aliphatic heterocycles. The number of aliphatic carboxylic acids is 1. The van der Waals surface area contributed by atoms with E-state index in [1.54, 1.807) is 0 Å². The predicted octanol–water partition coefficient (Wildman–Crippen LogP) is 3.16. The molecule has 4 rings (SSSR count). The fraction of sp³-hybridized carbons (Fsp3) is 0.793. The van der Waals surface area contributed by atoms with Crippen LogP contribution in [0, 0.1) is 5.92 Å². The van der Waals surface area contributed by atoms with Crippen LogP contribution in [0.2, 0.25) is 0 Å². The molecule has 0 saturated carbocycles. The molecule has 14 heteroatoms. The number of aromatic nitrogens is 3. The van der Waals surface area contributed by atoms with Crippen molar-refractivity contribution in [3.63, 3.8) is 0 Å². The summed E-state index contributed by atoms with van der Waals surface area (Å²) in [6.07, 6.45) is 3.14. The van der Waals surface area contributed by atoms with E-state index >= 15 is 0 Å². The SMILES string of the molecule is CC(C)(C)OC(=O)NC1CCN(c2nc(N3CCC(NC(=O)OC(C)(C)C)CC3)nc(N3CCC(C(=O)O)CC3)n2)CC1. The van der Waals surface area contributed by atoms with Gasteiger partial charge in [-0.05, 0) is 80.1 Å². The molecule has 240 valence electrons. The highest BCUT2D eigenvalue weighted by Crippen LogP contribution is 2.27. The number of carboxylic acid groups (broad SMARTS) is 1. The highest BCUT2D eigenvalue weighted by Gasteiger charge is 2.31. The lowest BCUT2D eigenvalue weighted by atomic mass is 9.97. The fourth-order valence-corrected chi connectivity index (χ4v) is 5.49. The first-order chi connectivity index (χ1) is 20.1. The topological polar surface area (TPSA) is 162 Å². The molecule has 1 aromatic heterocycles. The lowest BCUT2D eigenvalue weighted by molar-refractivity contribution is -0.142. The Labute approximate surface area is 253 Å². The van der Waals surface area contributed by atoms with Gasteiger partial charge in [-0.3, -0.25) is 4.79 Å². The van der Waals surface area contributed by atoms with Crippen LogP contribution in [-0.4, -0.2) is 101 Å². The van der Waals surface area contributed by atoms with E-state index in [4.69, 9.17) is 24.4 Å². The zero-order chi connectivity index (χ0) is 31.4. The number of nitrogens with zero attached hydrogens (tertiary/aromatic N) is 6. The number of anilines is 3. The molecule has 1 aromatic rings. The third-order valence-corrected chi connectivity index (χ3v) is 7.72. The van der Waals surface area contributed by atoms with E-state index in [1.807, 2.05) is 46.4 Å². The van der Waals surface area contributed by atoms with Gasteiger partial charge in [-0.1, -0.05) is 0 Å². The molecule has 0 bridgehead atoms. The maximum atomic E-state index is 12.3. The molecule has 3 fully saturated rings. The molecule has 3 saturated heterocycles. The van der Waals surface area contributed by atoms with E-state index in [2.05, 4.69) is 20.4 Å². The average molecular weight is 605 g/mol. The number of hydrogen-bond donors (Lipinski definition) is 3. The Hall–Kier alpha value is -3.58. The Bertz CT molecular complexity index is 1060. The van der Waals surface area contributed by atoms with Gasteiger partial charge in [-0.25, -0.2) is 9.59 Å². The van der Waals surface area contributed by atoms with Crippen molar-refractivity contribution >= 4 is 36.0 Å². The van der Waals surface area contributed by atoms with Crippen molar-refractivity contribution in [2.75, 3.05) is 54.0 Å². The van der Waals surface area contributed by atoms with Gasteiger partial charge in [0, 0.05) is 51.4 Å². The van der Waals surface area contributed by atoms with Gasteiger partial charge >= 0.3 is 18.2 Å². The van der Waals surface area contributed by atoms with Crippen LogP contribution < -0.4 is 25.3 Å². The monoisotopic (exact) mass is 604 g/mol. The van der Waals surface area contributed by atoms with Crippen molar-refractivity contribution in [1.82, 2.24) is 25.6 Å². The number of alkyl carbamates (subject to hydrolysis) is 2. The Kier molecular flexibility index (Phi) is 10.1. The van der Waals surface area contributed by atoms with Gasteiger partial charge in [0.05, 0.1) is 5.92 Å². The second kappa shape index (κ2) is 13.4. The van der Waals surface area contributed by atoms with Crippen molar-refractivity contribution in [3.05, 3.63) is 0 Å². The van der Waals surface area contributed by atoms with E-state index in [-0.39, 0.29) is 18.0 Å². The molecular formula is C29H48N8O6. The largest absolute Gasteiger partial charge is 0.481 e. The molecule has 3 N–H and O–H groups in total. The van der Waals surface area contributed by atoms with Gasteiger partial charge in [0.25, 0.3) is 0 Å². The summed E-state index contributed by atoms with van der Waals surface area (Å²) in [4.78, 5) is 56.9. The van der Waals surface area contributed by atoms with Crippen LogP contribution in [0.5, 0.6) is 0 Å². The molecule has 2 amide bonds. The van der Waals surface area contributed by atoms with Crippen LogP contribution in [0.4, 0.5) is 27.4 Å². The smallest absolute Gasteiger partial charge is 0.407 e.